The molecule has 0 fully saturated rings. The Morgan fingerprint density at radius 1 is 1.07 bits per heavy atom. The molecule has 0 radical (unpaired) electrons. The van der Waals surface area contributed by atoms with E-state index >= 15 is 0 Å². The summed E-state index contributed by atoms with van der Waals surface area (Å²) in [6, 6.07) is 16.7. The summed E-state index contributed by atoms with van der Waals surface area (Å²) < 4.78 is 11.1. The van der Waals surface area contributed by atoms with Crippen molar-refractivity contribution in [1.29, 1.82) is 0 Å². The maximum atomic E-state index is 5.59. The van der Waals surface area contributed by atoms with Crippen LogP contribution in [0.5, 0.6) is 5.75 Å². The summed E-state index contributed by atoms with van der Waals surface area (Å²) in [7, 11) is 1.74. The lowest BCUT2D eigenvalue weighted by Gasteiger charge is -2.24. The Balaban J connectivity index is 1.45. The number of hydrogen-bond acceptors (Lipinski definition) is 5. The molecule has 1 aliphatic rings. The number of aromatic nitrogens is 2. The second-order valence-electron chi connectivity index (χ2n) is 7.02. The largest absolute Gasteiger partial charge is 0.496 e. The van der Waals surface area contributed by atoms with Gasteiger partial charge in [0.2, 0.25) is 5.89 Å². The van der Waals surface area contributed by atoms with Crippen LogP contribution in [-0.4, -0.2) is 35.2 Å². The van der Waals surface area contributed by atoms with E-state index in [1.807, 2.05) is 24.3 Å². The van der Waals surface area contributed by atoms with Gasteiger partial charge in [-0.1, -0.05) is 47.6 Å². The normalized spacial score (nSPS) is 15.8. The van der Waals surface area contributed by atoms with E-state index in [0.717, 1.165) is 37.5 Å². The van der Waals surface area contributed by atoms with Gasteiger partial charge in [0.15, 0.2) is 5.82 Å². The second kappa shape index (κ2) is 7.92. The first-order chi connectivity index (χ1) is 13.2. The van der Waals surface area contributed by atoms with E-state index in [1.165, 1.54) is 16.7 Å². The molecule has 5 heteroatoms. The molecule has 1 aliphatic heterocycles. The van der Waals surface area contributed by atoms with Crippen molar-refractivity contribution in [1.82, 2.24) is 15.0 Å². The molecule has 5 nitrogen and oxygen atoms in total. The van der Waals surface area contributed by atoms with E-state index in [9.17, 15) is 0 Å². The highest BCUT2D eigenvalue weighted by Gasteiger charge is 2.25. The molecule has 2 heterocycles. The van der Waals surface area contributed by atoms with E-state index in [4.69, 9.17) is 9.26 Å². The van der Waals surface area contributed by atoms with Crippen LogP contribution in [0, 0.1) is 0 Å². The van der Waals surface area contributed by atoms with Gasteiger partial charge in [-0.2, -0.15) is 4.98 Å². The van der Waals surface area contributed by atoms with Crippen molar-refractivity contribution in [3.05, 3.63) is 76.9 Å². The van der Waals surface area contributed by atoms with Gasteiger partial charge >= 0.3 is 0 Å². The van der Waals surface area contributed by atoms with E-state index in [2.05, 4.69) is 46.2 Å². The molecule has 0 spiro atoms. The van der Waals surface area contributed by atoms with Gasteiger partial charge in [0.1, 0.15) is 5.75 Å². The van der Waals surface area contributed by atoms with Crippen LogP contribution in [0.1, 0.15) is 41.4 Å². The van der Waals surface area contributed by atoms with Crippen LogP contribution >= 0.6 is 0 Å². The minimum Gasteiger partial charge on any atom is -0.496 e. The topological polar surface area (TPSA) is 51.4 Å². The Labute approximate surface area is 160 Å². The standard InChI is InChI=1S/C22H25N3O2/c1-16(22-23-21(24-27-22)15-17-7-4-3-5-8-17)25-13-11-18-9-6-10-20(26-2)19(18)12-14-25/h3-10,16H,11-15H2,1-2H3. The zero-order chi connectivity index (χ0) is 18.6. The monoisotopic (exact) mass is 363 g/mol. The van der Waals surface area contributed by atoms with Gasteiger partial charge in [-0.15, -0.1) is 0 Å². The molecule has 2 aromatic carbocycles. The molecule has 0 amide bonds. The van der Waals surface area contributed by atoms with Gasteiger partial charge in [-0.25, -0.2) is 0 Å². The number of ether oxygens (including phenoxy) is 1. The molecular weight excluding hydrogens is 338 g/mol. The maximum absolute atomic E-state index is 5.59. The zero-order valence-corrected chi connectivity index (χ0v) is 15.9. The van der Waals surface area contributed by atoms with Gasteiger partial charge in [-0.3, -0.25) is 4.90 Å². The molecule has 0 aliphatic carbocycles. The van der Waals surface area contributed by atoms with Crippen LogP contribution in [0.4, 0.5) is 0 Å². The number of fused-ring (bicyclic) bond motifs is 1. The Bertz CT molecular complexity index is 892. The van der Waals surface area contributed by atoms with E-state index in [-0.39, 0.29) is 6.04 Å². The minimum atomic E-state index is 0.0994. The fourth-order valence-corrected chi connectivity index (χ4v) is 3.78. The van der Waals surface area contributed by atoms with Crippen molar-refractivity contribution in [2.75, 3.05) is 20.2 Å². The third-order valence-electron chi connectivity index (χ3n) is 5.36. The molecule has 1 unspecified atom stereocenters. The molecule has 3 aromatic rings. The smallest absolute Gasteiger partial charge is 0.243 e. The molecule has 0 N–H and O–H groups in total. The van der Waals surface area contributed by atoms with E-state index < -0.39 is 0 Å². The van der Waals surface area contributed by atoms with Crippen LogP contribution in [0.2, 0.25) is 0 Å². The lowest BCUT2D eigenvalue weighted by molar-refractivity contribution is 0.180. The fraction of sp³-hybridized carbons (Fsp3) is 0.364. The highest BCUT2D eigenvalue weighted by Crippen LogP contribution is 2.28. The van der Waals surface area contributed by atoms with Crippen molar-refractivity contribution < 1.29 is 9.26 Å². The first-order valence-corrected chi connectivity index (χ1v) is 9.50. The number of rotatable bonds is 5. The van der Waals surface area contributed by atoms with Crippen molar-refractivity contribution in [3.63, 3.8) is 0 Å². The van der Waals surface area contributed by atoms with Crippen LogP contribution in [0.3, 0.4) is 0 Å². The summed E-state index contributed by atoms with van der Waals surface area (Å²) in [4.78, 5) is 7.07. The molecule has 0 saturated heterocycles. The Hall–Kier alpha value is -2.66. The third-order valence-corrected chi connectivity index (χ3v) is 5.36. The van der Waals surface area contributed by atoms with Crippen molar-refractivity contribution in [2.45, 2.75) is 32.2 Å². The molecule has 1 atom stereocenters. The Morgan fingerprint density at radius 2 is 1.89 bits per heavy atom. The van der Waals surface area contributed by atoms with Gasteiger partial charge in [-0.05, 0) is 42.5 Å². The summed E-state index contributed by atoms with van der Waals surface area (Å²) in [6.07, 6.45) is 2.66. The third kappa shape index (κ3) is 3.88. The number of nitrogens with zero attached hydrogens (tertiary/aromatic N) is 3. The van der Waals surface area contributed by atoms with Crippen LogP contribution in [0.15, 0.2) is 53.1 Å². The summed E-state index contributed by atoms with van der Waals surface area (Å²) in [5, 5.41) is 4.18. The average Bonchev–Trinajstić information content (AvgIpc) is 3.05. The van der Waals surface area contributed by atoms with E-state index in [1.54, 1.807) is 7.11 Å². The summed E-state index contributed by atoms with van der Waals surface area (Å²) in [6.45, 7) is 4.07. The zero-order valence-electron chi connectivity index (χ0n) is 15.9. The van der Waals surface area contributed by atoms with Crippen LogP contribution < -0.4 is 4.74 Å². The Morgan fingerprint density at radius 3 is 2.70 bits per heavy atom. The van der Waals surface area contributed by atoms with Crippen molar-refractivity contribution >= 4 is 0 Å². The maximum Gasteiger partial charge on any atom is 0.243 e. The number of benzene rings is 2. The van der Waals surface area contributed by atoms with E-state index in [0.29, 0.717) is 12.3 Å². The molecule has 0 saturated carbocycles. The predicted molar refractivity (Wildman–Crippen MR) is 104 cm³/mol. The summed E-state index contributed by atoms with van der Waals surface area (Å²) >= 11 is 0. The van der Waals surface area contributed by atoms with Crippen LogP contribution in [0.25, 0.3) is 0 Å². The lowest BCUT2D eigenvalue weighted by atomic mass is 10.0. The SMILES string of the molecule is COc1cccc2c1CCN(C(C)c1nc(Cc3ccccc3)no1)CC2. The minimum absolute atomic E-state index is 0.0994. The molecule has 140 valence electrons. The highest BCUT2D eigenvalue weighted by molar-refractivity contribution is 5.41. The van der Waals surface area contributed by atoms with Gasteiger partial charge in [0.05, 0.1) is 13.2 Å². The predicted octanol–water partition coefficient (Wildman–Crippen LogP) is 3.83. The fourth-order valence-electron chi connectivity index (χ4n) is 3.78. The second-order valence-corrected chi connectivity index (χ2v) is 7.02. The lowest BCUT2D eigenvalue weighted by Crippen LogP contribution is -2.29. The van der Waals surface area contributed by atoms with Crippen molar-refractivity contribution in [2.24, 2.45) is 0 Å². The highest BCUT2D eigenvalue weighted by atomic mass is 16.5. The first-order valence-electron chi connectivity index (χ1n) is 9.50. The van der Waals surface area contributed by atoms with Gasteiger partial charge < -0.3 is 9.26 Å². The Kier molecular flexibility index (Phi) is 5.21. The van der Waals surface area contributed by atoms with Crippen LogP contribution in [-0.2, 0) is 19.3 Å². The summed E-state index contributed by atoms with van der Waals surface area (Å²) in [5.41, 5.74) is 3.89. The molecule has 27 heavy (non-hydrogen) atoms. The van der Waals surface area contributed by atoms with Crippen molar-refractivity contribution in [3.8, 4) is 5.75 Å². The molecule has 4 rings (SSSR count). The number of methoxy groups -OCH3 is 1. The average molecular weight is 363 g/mol. The van der Waals surface area contributed by atoms with Gasteiger partial charge in [0, 0.05) is 19.5 Å². The quantitative estimate of drug-likeness (QED) is 0.689. The first kappa shape index (κ1) is 17.7. The van der Waals surface area contributed by atoms with Gasteiger partial charge in [0.25, 0.3) is 0 Å². The number of hydrogen-bond donors (Lipinski definition) is 0. The summed E-state index contributed by atoms with van der Waals surface area (Å²) in [5.74, 6) is 2.42. The molecule has 0 bridgehead atoms. The molecular formula is C22H25N3O2. The molecule has 1 aromatic heterocycles.